The topological polar surface area (TPSA) is 80.9 Å². The fourth-order valence-electron chi connectivity index (χ4n) is 2.33. The minimum atomic E-state index is -0.739. The molecule has 3 N–H and O–H groups in total. The molecule has 0 saturated heterocycles. The molecular formula is C18H13F3N4O. The van der Waals surface area contributed by atoms with Crippen LogP contribution in [0.4, 0.5) is 19.0 Å². The standard InChI is InChI=1S/C18H13F3N4O/c19-12-3-1-2-11(6-12)17-23-9-15(16(22)25-17)18(26)24-8-10-4-13(20)7-14(21)5-10/h1-7,9H,8H2,(H,24,26)(H2,22,23,25). The van der Waals surface area contributed by atoms with E-state index >= 15 is 0 Å². The number of benzene rings is 2. The van der Waals surface area contributed by atoms with E-state index < -0.39 is 23.4 Å². The van der Waals surface area contributed by atoms with Gasteiger partial charge in [-0.1, -0.05) is 12.1 Å². The van der Waals surface area contributed by atoms with Crippen molar-refractivity contribution >= 4 is 11.7 Å². The number of nitrogen functional groups attached to an aromatic ring is 1. The molecule has 1 amide bonds. The Kier molecular flexibility index (Phi) is 4.83. The first-order valence-electron chi connectivity index (χ1n) is 7.54. The molecular weight excluding hydrogens is 345 g/mol. The van der Waals surface area contributed by atoms with Gasteiger partial charge in [-0.05, 0) is 29.8 Å². The van der Waals surface area contributed by atoms with E-state index in [1.54, 1.807) is 6.07 Å². The Balaban J connectivity index is 1.75. The molecule has 0 radical (unpaired) electrons. The molecule has 132 valence electrons. The Bertz CT molecular complexity index is 958. The van der Waals surface area contributed by atoms with E-state index in [0.717, 1.165) is 18.2 Å². The number of halogens is 3. The second-order valence-corrected chi connectivity index (χ2v) is 5.46. The van der Waals surface area contributed by atoms with E-state index in [9.17, 15) is 18.0 Å². The SMILES string of the molecule is Nc1nc(-c2cccc(F)c2)ncc1C(=O)NCc1cc(F)cc(F)c1. The molecule has 5 nitrogen and oxygen atoms in total. The zero-order chi connectivity index (χ0) is 18.7. The highest BCUT2D eigenvalue weighted by Crippen LogP contribution is 2.18. The molecule has 0 atom stereocenters. The third kappa shape index (κ3) is 3.97. The number of carbonyl (C=O) groups excluding carboxylic acids is 1. The van der Waals surface area contributed by atoms with E-state index in [4.69, 9.17) is 5.73 Å². The molecule has 0 unspecified atom stereocenters. The lowest BCUT2D eigenvalue weighted by molar-refractivity contribution is 0.0951. The summed E-state index contributed by atoms with van der Waals surface area (Å²) in [6.45, 7) is -0.0986. The molecule has 0 bridgehead atoms. The molecule has 0 fully saturated rings. The fraction of sp³-hybridized carbons (Fsp3) is 0.0556. The lowest BCUT2D eigenvalue weighted by Gasteiger charge is -2.08. The van der Waals surface area contributed by atoms with Crippen LogP contribution in [0, 0.1) is 17.5 Å². The molecule has 0 aliphatic rings. The van der Waals surface area contributed by atoms with E-state index in [1.807, 2.05) is 0 Å². The molecule has 3 aromatic rings. The molecule has 0 saturated carbocycles. The van der Waals surface area contributed by atoms with E-state index in [0.29, 0.717) is 5.56 Å². The van der Waals surface area contributed by atoms with Gasteiger partial charge in [-0.3, -0.25) is 4.79 Å². The van der Waals surface area contributed by atoms with Crippen molar-refractivity contribution in [2.75, 3.05) is 5.73 Å². The summed E-state index contributed by atoms with van der Waals surface area (Å²) in [5, 5.41) is 2.49. The third-order valence-electron chi connectivity index (χ3n) is 3.52. The number of nitrogens with zero attached hydrogens (tertiary/aromatic N) is 2. The lowest BCUT2D eigenvalue weighted by Crippen LogP contribution is -2.24. The predicted molar refractivity (Wildman–Crippen MR) is 89.4 cm³/mol. The smallest absolute Gasteiger partial charge is 0.256 e. The van der Waals surface area contributed by atoms with Crippen LogP contribution in [-0.4, -0.2) is 15.9 Å². The largest absolute Gasteiger partial charge is 0.383 e. The number of nitrogens with two attached hydrogens (primary N) is 1. The number of carbonyl (C=O) groups is 1. The highest BCUT2D eigenvalue weighted by Gasteiger charge is 2.14. The molecule has 8 heteroatoms. The first-order valence-corrected chi connectivity index (χ1v) is 7.54. The number of anilines is 1. The molecule has 0 spiro atoms. The van der Waals surface area contributed by atoms with Gasteiger partial charge in [0, 0.05) is 24.4 Å². The van der Waals surface area contributed by atoms with Crippen LogP contribution in [0.5, 0.6) is 0 Å². The number of hydrogen-bond acceptors (Lipinski definition) is 4. The van der Waals surface area contributed by atoms with Crippen molar-refractivity contribution in [1.29, 1.82) is 0 Å². The van der Waals surface area contributed by atoms with Crippen LogP contribution in [0.3, 0.4) is 0 Å². The first-order chi connectivity index (χ1) is 12.4. The number of aromatic nitrogens is 2. The Hall–Kier alpha value is -3.42. The maximum absolute atomic E-state index is 13.3. The van der Waals surface area contributed by atoms with Gasteiger partial charge in [0.2, 0.25) is 0 Å². The normalized spacial score (nSPS) is 10.6. The molecule has 26 heavy (non-hydrogen) atoms. The summed E-state index contributed by atoms with van der Waals surface area (Å²) in [5.74, 6) is -2.45. The minimum Gasteiger partial charge on any atom is -0.383 e. The summed E-state index contributed by atoms with van der Waals surface area (Å²) >= 11 is 0. The molecule has 1 aromatic heterocycles. The number of nitrogens with one attached hydrogen (secondary N) is 1. The van der Waals surface area contributed by atoms with Gasteiger partial charge in [-0.15, -0.1) is 0 Å². The van der Waals surface area contributed by atoms with Gasteiger partial charge < -0.3 is 11.1 Å². The van der Waals surface area contributed by atoms with Crippen molar-refractivity contribution in [3.63, 3.8) is 0 Å². The van der Waals surface area contributed by atoms with Crippen LogP contribution < -0.4 is 11.1 Å². The second-order valence-electron chi connectivity index (χ2n) is 5.46. The maximum atomic E-state index is 13.3. The highest BCUT2D eigenvalue weighted by atomic mass is 19.1. The number of hydrogen-bond donors (Lipinski definition) is 2. The van der Waals surface area contributed by atoms with Crippen molar-refractivity contribution in [2.24, 2.45) is 0 Å². The van der Waals surface area contributed by atoms with Gasteiger partial charge in [0.15, 0.2) is 5.82 Å². The Morgan fingerprint density at radius 3 is 2.42 bits per heavy atom. The monoisotopic (exact) mass is 358 g/mol. The van der Waals surface area contributed by atoms with E-state index in [2.05, 4.69) is 15.3 Å². The van der Waals surface area contributed by atoms with Gasteiger partial charge in [0.25, 0.3) is 5.91 Å². The van der Waals surface area contributed by atoms with Gasteiger partial charge >= 0.3 is 0 Å². The van der Waals surface area contributed by atoms with Crippen LogP contribution in [0.2, 0.25) is 0 Å². The Labute approximate surface area is 146 Å². The lowest BCUT2D eigenvalue weighted by atomic mass is 10.2. The van der Waals surface area contributed by atoms with Crippen molar-refractivity contribution in [3.05, 3.63) is 77.2 Å². The number of amides is 1. The molecule has 0 aliphatic heterocycles. The van der Waals surface area contributed by atoms with Crippen LogP contribution in [0.1, 0.15) is 15.9 Å². The number of rotatable bonds is 4. The van der Waals surface area contributed by atoms with E-state index in [-0.39, 0.29) is 29.3 Å². The van der Waals surface area contributed by atoms with Gasteiger partial charge in [0.1, 0.15) is 23.3 Å². The van der Waals surface area contributed by atoms with Crippen molar-refractivity contribution in [2.45, 2.75) is 6.54 Å². The fourth-order valence-corrected chi connectivity index (χ4v) is 2.33. The Morgan fingerprint density at radius 1 is 1.04 bits per heavy atom. The average Bonchev–Trinajstić information content (AvgIpc) is 2.59. The van der Waals surface area contributed by atoms with Crippen molar-refractivity contribution < 1.29 is 18.0 Å². The quantitative estimate of drug-likeness (QED) is 0.751. The maximum Gasteiger partial charge on any atom is 0.256 e. The van der Waals surface area contributed by atoms with E-state index in [1.165, 1.54) is 24.4 Å². The molecule has 0 aliphatic carbocycles. The van der Waals surface area contributed by atoms with Gasteiger partial charge in [0.05, 0.1) is 5.56 Å². The summed E-state index contributed by atoms with van der Waals surface area (Å²) in [4.78, 5) is 20.2. The second kappa shape index (κ2) is 7.22. The van der Waals surface area contributed by atoms with Crippen LogP contribution in [-0.2, 0) is 6.54 Å². The molecule has 2 aromatic carbocycles. The van der Waals surface area contributed by atoms with Gasteiger partial charge in [-0.2, -0.15) is 0 Å². The summed E-state index contributed by atoms with van der Waals surface area (Å²) in [6, 6.07) is 8.59. The van der Waals surface area contributed by atoms with Crippen molar-refractivity contribution in [3.8, 4) is 11.4 Å². The summed E-state index contributed by atoms with van der Waals surface area (Å²) in [7, 11) is 0. The third-order valence-corrected chi connectivity index (χ3v) is 3.52. The Morgan fingerprint density at radius 2 is 1.77 bits per heavy atom. The van der Waals surface area contributed by atoms with Crippen LogP contribution in [0.15, 0.2) is 48.7 Å². The zero-order valence-electron chi connectivity index (χ0n) is 13.3. The van der Waals surface area contributed by atoms with Crippen LogP contribution in [0.25, 0.3) is 11.4 Å². The predicted octanol–water partition coefficient (Wildman–Crippen LogP) is 3.07. The summed E-state index contributed by atoms with van der Waals surface area (Å²) in [6.07, 6.45) is 1.21. The minimum absolute atomic E-state index is 0.00188. The van der Waals surface area contributed by atoms with Gasteiger partial charge in [-0.25, -0.2) is 23.1 Å². The van der Waals surface area contributed by atoms with Crippen molar-refractivity contribution in [1.82, 2.24) is 15.3 Å². The highest BCUT2D eigenvalue weighted by molar-refractivity contribution is 5.98. The average molecular weight is 358 g/mol. The van der Waals surface area contributed by atoms with Crippen LogP contribution >= 0.6 is 0 Å². The first kappa shape index (κ1) is 17.4. The summed E-state index contributed by atoms with van der Waals surface area (Å²) in [5.41, 5.74) is 6.46. The zero-order valence-corrected chi connectivity index (χ0v) is 13.3. The molecule has 1 heterocycles. The summed E-state index contributed by atoms with van der Waals surface area (Å²) < 4.78 is 39.6. The molecule has 3 rings (SSSR count).